The van der Waals surface area contributed by atoms with Gasteiger partial charge in [-0.15, -0.1) is 12.4 Å². The maximum Gasteiger partial charge on any atom is 0.315 e. The minimum atomic E-state index is -0.479. The molecule has 2 fully saturated rings. The van der Waals surface area contributed by atoms with Crippen LogP contribution in [-0.2, 0) is 4.79 Å². The number of nitrogens with zero attached hydrogens (tertiary/aromatic N) is 2. The first-order valence-corrected chi connectivity index (χ1v) is 6.65. The number of carbonyl (C=O) groups is 2. The number of halogens is 1. The third-order valence-electron chi connectivity index (χ3n) is 3.96. The number of likely N-dealkylation sites (tertiary alicyclic amines) is 2. The molecule has 3 N–H and O–H groups in total. The third-order valence-corrected chi connectivity index (χ3v) is 3.96. The Labute approximate surface area is 120 Å². The van der Waals surface area contributed by atoms with E-state index in [0.717, 1.165) is 38.8 Å². The molecule has 3 amide bonds. The maximum atomic E-state index is 12.4. The van der Waals surface area contributed by atoms with Gasteiger partial charge in [0.05, 0.1) is 0 Å². The van der Waals surface area contributed by atoms with Crippen LogP contribution in [0, 0.1) is 0 Å². The van der Waals surface area contributed by atoms with E-state index >= 15 is 0 Å². The van der Waals surface area contributed by atoms with E-state index < -0.39 is 6.03 Å². The zero-order valence-corrected chi connectivity index (χ0v) is 12.1. The molecule has 2 heterocycles. The van der Waals surface area contributed by atoms with Crippen molar-refractivity contribution in [2.45, 2.75) is 37.8 Å². The van der Waals surface area contributed by atoms with Crippen LogP contribution in [0.2, 0.25) is 0 Å². The van der Waals surface area contributed by atoms with Gasteiger partial charge in [0.1, 0.15) is 6.04 Å². The summed E-state index contributed by atoms with van der Waals surface area (Å²) in [5, 5.41) is 3.21. The predicted molar refractivity (Wildman–Crippen MR) is 75.2 cm³/mol. The first kappa shape index (κ1) is 16.0. The lowest BCUT2D eigenvalue weighted by Gasteiger charge is -2.35. The molecule has 0 bridgehead atoms. The van der Waals surface area contributed by atoms with E-state index in [1.807, 2.05) is 11.9 Å². The zero-order valence-electron chi connectivity index (χ0n) is 11.3. The molecule has 2 aliphatic rings. The average Bonchev–Trinajstić information content (AvgIpc) is 2.87. The van der Waals surface area contributed by atoms with Crippen molar-refractivity contribution in [1.29, 1.82) is 0 Å². The number of hydrogen-bond donors (Lipinski definition) is 2. The molecule has 0 aliphatic carbocycles. The number of urea groups is 1. The molecule has 0 saturated carbocycles. The highest BCUT2D eigenvalue weighted by atomic mass is 35.5. The number of primary amides is 1. The van der Waals surface area contributed by atoms with Gasteiger partial charge in [-0.3, -0.25) is 4.79 Å². The molecule has 2 rings (SSSR count). The van der Waals surface area contributed by atoms with Gasteiger partial charge in [0.15, 0.2) is 0 Å². The molecular weight excluding hydrogens is 268 g/mol. The molecule has 1 unspecified atom stereocenters. The lowest BCUT2D eigenvalue weighted by atomic mass is 10.0. The van der Waals surface area contributed by atoms with E-state index in [0.29, 0.717) is 12.6 Å². The van der Waals surface area contributed by atoms with Gasteiger partial charge < -0.3 is 20.9 Å². The van der Waals surface area contributed by atoms with Crippen LogP contribution in [0.25, 0.3) is 0 Å². The second-order valence-electron chi connectivity index (χ2n) is 5.10. The van der Waals surface area contributed by atoms with Gasteiger partial charge in [-0.1, -0.05) is 0 Å². The number of likely N-dealkylation sites (N-methyl/N-ethyl adjacent to an activating group) is 1. The van der Waals surface area contributed by atoms with Crippen LogP contribution in [-0.4, -0.2) is 60.5 Å². The number of rotatable bonds is 2. The van der Waals surface area contributed by atoms with Crippen molar-refractivity contribution in [1.82, 2.24) is 15.1 Å². The Morgan fingerprint density at radius 2 is 1.89 bits per heavy atom. The zero-order chi connectivity index (χ0) is 13.1. The predicted octanol–water partition coefficient (Wildman–Crippen LogP) is 0.162. The quantitative estimate of drug-likeness (QED) is 0.760. The van der Waals surface area contributed by atoms with Gasteiger partial charge in [0.25, 0.3) is 0 Å². The normalized spacial score (nSPS) is 27.0. The molecule has 19 heavy (non-hydrogen) atoms. The minimum absolute atomic E-state index is 0. The van der Waals surface area contributed by atoms with Crippen molar-refractivity contribution in [3.8, 4) is 0 Å². The summed E-state index contributed by atoms with van der Waals surface area (Å²) in [5.41, 5.74) is 5.31. The van der Waals surface area contributed by atoms with E-state index in [1.165, 1.54) is 4.90 Å². The molecule has 2 atom stereocenters. The van der Waals surface area contributed by atoms with Gasteiger partial charge in [-0.25, -0.2) is 4.79 Å². The summed E-state index contributed by atoms with van der Waals surface area (Å²) in [6, 6.07) is -0.447. The van der Waals surface area contributed by atoms with Crippen molar-refractivity contribution in [3.63, 3.8) is 0 Å². The van der Waals surface area contributed by atoms with Crippen LogP contribution in [0.5, 0.6) is 0 Å². The second-order valence-corrected chi connectivity index (χ2v) is 5.10. The highest BCUT2D eigenvalue weighted by Gasteiger charge is 2.36. The van der Waals surface area contributed by atoms with Gasteiger partial charge in [-0.2, -0.15) is 0 Å². The molecule has 6 nitrogen and oxygen atoms in total. The summed E-state index contributed by atoms with van der Waals surface area (Å²) in [6.45, 7) is 2.13. The van der Waals surface area contributed by atoms with Gasteiger partial charge in [-0.05, 0) is 32.7 Å². The lowest BCUT2D eigenvalue weighted by molar-refractivity contribution is -0.136. The number of carbonyl (C=O) groups excluding carboxylic acids is 2. The molecule has 0 spiro atoms. The van der Waals surface area contributed by atoms with Crippen molar-refractivity contribution >= 4 is 24.3 Å². The minimum Gasteiger partial charge on any atom is -0.351 e. The molecule has 2 saturated heterocycles. The fourth-order valence-corrected chi connectivity index (χ4v) is 2.91. The maximum absolute atomic E-state index is 12.4. The highest BCUT2D eigenvalue weighted by Crippen LogP contribution is 2.21. The number of hydrogen-bond acceptors (Lipinski definition) is 3. The second kappa shape index (κ2) is 6.96. The molecule has 110 valence electrons. The Morgan fingerprint density at radius 3 is 2.53 bits per heavy atom. The summed E-state index contributed by atoms with van der Waals surface area (Å²) in [4.78, 5) is 27.1. The van der Waals surface area contributed by atoms with Gasteiger partial charge in [0, 0.05) is 25.7 Å². The summed E-state index contributed by atoms with van der Waals surface area (Å²) < 4.78 is 0. The van der Waals surface area contributed by atoms with E-state index in [-0.39, 0.29) is 24.4 Å². The van der Waals surface area contributed by atoms with Crippen molar-refractivity contribution in [3.05, 3.63) is 0 Å². The highest BCUT2D eigenvalue weighted by molar-refractivity contribution is 5.87. The van der Waals surface area contributed by atoms with Crippen LogP contribution >= 0.6 is 12.4 Å². The van der Waals surface area contributed by atoms with Crippen molar-refractivity contribution in [2.24, 2.45) is 5.73 Å². The fourth-order valence-electron chi connectivity index (χ4n) is 2.91. The molecule has 7 heteroatoms. The summed E-state index contributed by atoms with van der Waals surface area (Å²) in [7, 11) is 1.92. The number of amides is 3. The Bertz CT molecular complexity index is 340. The molecule has 2 aliphatic heterocycles. The summed E-state index contributed by atoms with van der Waals surface area (Å²) in [5.74, 6) is 0.0613. The summed E-state index contributed by atoms with van der Waals surface area (Å²) in [6.07, 6.45) is 3.72. The van der Waals surface area contributed by atoms with Crippen LogP contribution in [0.4, 0.5) is 4.79 Å². The Kier molecular flexibility index (Phi) is 5.87. The molecule has 0 radical (unpaired) electrons. The van der Waals surface area contributed by atoms with Gasteiger partial charge in [0.2, 0.25) is 5.91 Å². The van der Waals surface area contributed by atoms with Crippen LogP contribution in [0.1, 0.15) is 25.7 Å². The van der Waals surface area contributed by atoms with E-state index in [2.05, 4.69) is 5.32 Å². The first-order valence-electron chi connectivity index (χ1n) is 6.65. The number of nitrogens with one attached hydrogen (secondary N) is 1. The van der Waals surface area contributed by atoms with Crippen molar-refractivity contribution in [2.75, 3.05) is 26.7 Å². The third kappa shape index (κ3) is 3.51. The number of piperidine rings is 1. The van der Waals surface area contributed by atoms with Gasteiger partial charge >= 0.3 is 6.03 Å². The average molecular weight is 291 g/mol. The Hall–Kier alpha value is -1.01. The summed E-state index contributed by atoms with van der Waals surface area (Å²) >= 11 is 0. The molecule has 0 aromatic carbocycles. The molecule has 0 aromatic heterocycles. The monoisotopic (exact) mass is 290 g/mol. The van der Waals surface area contributed by atoms with E-state index in [1.54, 1.807) is 0 Å². The van der Waals surface area contributed by atoms with Crippen LogP contribution in [0.15, 0.2) is 0 Å². The van der Waals surface area contributed by atoms with Crippen LogP contribution in [0.3, 0.4) is 0 Å². The standard InChI is InChI=1S/C12H22N4O2.ClH/c1-14-9-4-2-6-15(8-9)11(17)10-5-3-7-16(10)12(13)18;/h9-10,14H,2-8H2,1H3,(H2,13,18);1H/t9?,10-;/m0./s1. The molecular formula is C12H23ClN4O2. The van der Waals surface area contributed by atoms with E-state index in [9.17, 15) is 9.59 Å². The fraction of sp³-hybridized carbons (Fsp3) is 0.833. The Morgan fingerprint density at radius 1 is 1.21 bits per heavy atom. The van der Waals surface area contributed by atoms with Crippen LogP contribution < -0.4 is 11.1 Å². The smallest absolute Gasteiger partial charge is 0.315 e. The molecule has 0 aromatic rings. The first-order chi connectivity index (χ1) is 8.63. The SMILES string of the molecule is CNC1CCCN(C(=O)[C@@H]2CCCN2C(N)=O)C1.Cl. The number of nitrogens with two attached hydrogens (primary N) is 1. The van der Waals surface area contributed by atoms with E-state index in [4.69, 9.17) is 5.73 Å². The van der Waals surface area contributed by atoms with Crippen molar-refractivity contribution < 1.29 is 9.59 Å². The largest absolute Gasteiger partial charge is 0.351 e. The lowest BCUT2D eigenvalue weighted by Crippen LogP contribution is -2.54. The topological polar surface area (TPSA) is 78.7 Å². The Balaban J connectivity index is 0.00000180.